The van der Waals surface area contributed by atoms with Crippen molar-refractivity contribution in [2.24, 2.45) is 0 Å². The Morgan fingerprint density at radius 2 is 1.85 bits per heavy atom. The monoisotopic (exact) mass is 482 g/mol. The Morgan fingerprint density at radius 3 is 2.56 bits per heavy atom. The number of ether oxygens (including phenoxy) is 1. The Kier molecular flexibility index (Phi) is 7.89. The Hall–Kier alpha value is -3.27. The van der Waals surface area contributed by atoms with Gasteiger partial charge in [0.1, 0.15) is 22.3 Å². The molecule has 1 aromatic carbocycles. The predicted octanol–water partition coefficient (Wildman–Crippen LogP) is 2.34. The highest BCUT2D eigenvalue weighted by Crippen LogP contribution is 2.28. The van der Waals surface area contributed by atoms with E-state index in [1.165, 1.54) is 6.92 Å². The van der Waals surface area contributed by atoms with Gasteiger partial charge in [0.15, 0.2) is 5.82 Å². The van der Waals surface area contributed by atoms with Crippen LogP contribution in [-0.2, 0) is 14.3 Å². The van der Waals surface area contributed by atoms with Crippen molar-refractivity contribution in [1.82, 2.24) is 20.2 Å². The molecule has 0 unspecified atom stereocenters. The van der Waals surface area contributed by atoms with Gasteiger partial charge >= 0.3 is 0 Å². The third-order valence-electron chi connectivity index (χ3n) is 5.60. The van der Waals surface area contributed by atoms with Crippen LogP contribution in [0.15, 0.2) is 47.1 Å². The first-order valence-electron chi connectivity index (χ1n) is 11.4. The van der Waals surface area contributed by atoms with Gasteiger partial charge in [-0.25, -0.2) is 9.97 Å². The molecule has 0 spiro atoms. The lowest BCUT2D eigenvalue weighted by molar-refractivity contribution is -0.127. The summed E-state index contributed by atoms with van der Waals surface area (Å²) in [5.41, 5.74) is 0.930. The number of hydrogen-bond acceptors (Lipinski definition) is 8. The zero-order chi connectivity index (χ0) is 23.9. The van der Waals surface area contributed by atoms with E-state index in [1.807, 2.05) is 48.2 Å². The maximum atomic E-state index is 13.0. The predicted molar refractivity (Wildman–Crippen MR) is 135 cm³/mol. The molecule has 34 heavy (non-hydrogen) atoms. The summed E-state index contributed by atoms with van der Waals surface area (Å²) in [7, 11) is 0. The molecule has 180 valence electrons. The zero-order valence-corrected chi connectivity index (χ0v) is 20.4. The van der Waals surface area contributed by atoms with E-state index in [0.29, 0.717) is 57.5 Å². The molecule has 9 nitrogen and oxygen atoms in total. The fraction of sp³-hybridized carbons (Fsp3) is 0.417. The van der Waals surface area contributed by atoms with Crippen LogP contribution in [0.2, 0.25) is 0 Å². The summed E-state index contributed by atoms with van der Waals surface area (Å²) in [6.07, 6.45) is 0. The molecule has 1 fully saturated rings. The number of carbonyl (C=O) groups excluding carboxylic acids is 2. The molecule has 1 aromatic heterocycles. The number of piperazine rings is 1. The van der Waals surface area contributed by atoms with E-state index in [2.05, 4.69) is 20.5 Å². The van der Waals surface area contributed by atoms with Crippen molar-refractivity contribution in [2.75, 3.05) is 61.8 Å². The van der Waals surface area contributed by atoms with Gasteiger partial charge in [0.25, 0.3) is 5.91 Å². The number of rotatable bonds is 7. The summed E-state index contributed by atoms with van der Waals surface area (Å²) in [5.74, 6) is 3.66. The topological polar surface area (TPSA) is 99.7 Å². The molecule has 2 amide bonds. The van der Waals surface area contributed by atoms with Crippen molar-refractivity contribution in [3.05, 3.63) is 47.1 Å². The SMILES string of the molecule is CC(=O)NCCNc1cc(N2CCN(C(=O)C3=C(C)OCCS3)CC2)nc(-c2ccccc2)n1. The molecule has 1 saturated heterocycles. The number of benzene rings is 1. The molecule has 0 bridgehead atoms. The standard InChI is InChI=1S/C24H30N6O3S/c1-17-22(34-15-14-33-17)24(32)30-12-10-29(11-13-30)21-16-20(26-9-8-25-18(2)31)27-23(28-21)19-6-4-3-5-7-19/h3-7,16H,8-15H2,1-2H3,(H,25,31)(H,26,27,28). The van der Waals surface area contributed by atoms with E-state index in [9.17, 15) is 9.59 Å². The first kappa shape index (κ1) is 23.9. The van der Waals surface area contributed by atoms with Gasteiger partial charge in [0.2, 0.25) is 5.91 Å². The lowest BCUT2D eigenvalue weighted by Gasteiger charge is -2.36. The van der Waals surface area contributed by atoms with E-state index < -0.39 is 0 Å². The van der Waals surface area contributed by atoms with Crippen LogP contribution in [0.1, 0.15) is 13.8 Å². The van der Waals surface area contributed by atoms with Crippen LogP contribution >= 0.6 is 11.8 Å². The summed E-state index contributed by atoms with van der Waals surface area (Å²) < 4.78 is 5.57. The average molecular weight is 483 g/mol. The van der Waals surface area contributed by atoms with E-state index >= 15 is 0 Å². The molecule has 0 aliphatic carbocycles. The van der Waals surface area contributed by atoms with Gasteiger partial charge in [-0.15, -0.1) is 11.8 Å². The number of hydrogen-bond donors (Lipinski definition) is 2. The number of aromatic nitrogens is 2. The van der Waals surface area contributed by atoms with E-state index in [0.717, 1.165) is 27.8 Å². The van der Waals surface area contributed by atoms with Crippen molar-refractivity contribution in [3.8, 4) is 11.4 Å². The lowest BCUT2D eigenvalue weighted by atomic mass is 10.2. The number of amides is 2. The fourth-order valence-electron chi connectivity index (χ4n) is 3.83. The number of anilines is 2. The maximum absolute atomic E-state index is 13.0. The first-order chi connectivity index (χ1) is 16.5. The van der Waals surface area contributed by atoms with Crippen molar-refractivity contribution in [3.63, 3.8) is 0 Å². The number of allylic oxidation sites excluding steroid dienone is 1. The van der Waals surface area contributed by atoms with Crippen LogP contribution in [0.3, 0.4) is 0 Å². The van der Waals surface area contributed by atoms with Crippen molar-refractivity contribution < 1.29 is 14.3 Å². The molecule has 0 radical (unpaired) electrons. The Labute approximate surface area is 204 Å². The van der Waals surface area contributed by atoms with Gasteiger partial charge in [0, 0.05) is 63.6 Å². The van der Waals surface area contributed by atoms with Gasteiger partial charge in [-0.1, -0.05) is 30.3 Å². The van der Waals surface area contributed by atoms with Crippen LogP contribution < -0.4 is 15.5 Å². The minimum atomic E-state index is -0.0632. The minimum absolute atomic E-state index is 0.0508. The fourth-order valence-corrected chi connectivity index (χ4v) is 4.72. The van der Waals surface area contributed by atoms with Crippen molar-refractivity contribution in [2.45, 2.75) is 13.8 Å². The van der Waals surface area contributed by atoms with Crippen molar-refractivity contribution in [1.29, 1.82) is 0 Å². The van der Waals surface area contributed by atoms with Crippen LogP contribution in [0.5, 0.6) is 0 Å². The molecular formula is C24H30N6O3S. The third kappa shape index (κ3) is 5.99. The van der Waals surface area contributed by atoms with E-state index in [-0.39, 0.29) is 11.8 Å². The van der Waals surface area contributed by atoms with Crippen LogP contribution in [0, 0.1) is 0 Å². The van der Waals surface area contributed by atoms with Gasteiger partial charge in [-0.05, 0) is 6.92 Å². The van der Waals surface area contributed by atoms with Gasteiger partial charge in [-0.2, -0.15) is 0 Å². The van der Waals surface area contributed by atoms with Crippen LogP contribution in [0.25, 0.3) is 11.4 Å². The second-order valence-corrected chi connectivity index (χ2v) is 9.18. The highest BCUT2D eigenvalue weighted by atomic mass is 32.2. The molecule has 3 heterocycles. The highest BCUT2D eigenvalue weighted by Gasteiger charge is 2.28. The Bertz CT molecular complexity index is 1050. The van der Waals surface area contributed by atoms with Gasteiger partial charge < -0.3 is 25.2 Å². The Morgan fingerprint density at radius 1 is 1.09 bits per heavy atom. The number of carbonyl (C=O) groups is 2. The number of nitrogens with zero attached hydrogens (tertiary/aromatic N) is 4. The zero-order valence-electron chi connectivity index (χ0n) is 19.5. The molecule has 2 N–H and O–H groups in total. The second kappa shape index (κ2) is 11.2. The minimum Gasteiger partial charge on any atom is -0.496 e. The second-order valence-electron chi connectivity index (χ2n) is 8.07. The number of nitrogens with one attached hydrogen (secondary N) is 2. The number of thioether (sulfide) groups is 1. The summed E-state index contributed by atoms with van der Waals surface area (Å²) in [6.45, 7) is 7.67. The molecule has 0 saturated carbocycles. The summed E-state index contributed by atoms with van der Waals surface area (Å²) in [4.78, 5) is 38.4. The molecule has 0 atom stereocenters. The molecule has 2 aliphatic heterocycles. The van der Waals surface area contributed by atoms with E-state index in [4.69, 9.17) is 9.72 Å². The highest BCUT2D eigenvalue weighted by molar-refractivity contribution is 8.04. The van der Waals surface area contributed by atoms with Gasteiger partial charge in [0.05, 0.1) is 6.61 Å². The summed E-state index contributed by atoms with van der Waals surface area (Å²) in [5, 5.41) is 6.06. The van der Waals surface area contributed by atoms with Crippen LogP contribution in [-0.4, -0.2) is 78.3 Å². The molecule has 4 rings (SSSR count). The smallest absolute Gasteiger partial charge is 0.263 e. The summed E-state index contributed by atoms with van der Waals surface area (Å²) in [6, 6.07) is 11.8. The van der Waals surface area contributed by atoms with E-state index in [1.54, 1.807) is 11.8 Å². The first-order valence-corrected chi connectivity index (χ1v) is 12.4. The maximum Gasteiger partial charge on any atom is 0.263 e. The Balaban J connectivity index is 1.47. The lowest BCUT2D eigenvalue weighted by Crippen LogP contribution is -2.49. The molecule has 2 aromatic rings. The molecule has 2 aliphatic rings. The normalized spacial score (nSPS) is 16.2. The van der Waals surface area contributed by atoms with Gasteiger partial charge in [-0.3, -0.25) is 9.59 Å². The van der Waals surface area contributed by atoms with Crippen LogP contribution in [0.4, 0.5) is 11.6 Å². The summed E-state index contributed by atoms with van der Waals surface area (Å²) >= 11 is 1.58. The molecular weight excluding hydrogens is 452 g/mol. The van der Waals surface area contributed by atoms with Crippen molar-refractivity contribution >= 4 is 35.2 Å². The third-order valence-corrected chi connectivity index (χ3v) is 6.72. The average Bonchev–Trinajstić information content (AvgIpc) is 2.87. The quantitative estimate of drug-likeness (QED) is 0.580. The molecule has 10 heteroatoms. The largest absolute Gasteiger partial charge is 0.496 e.